The second-order valence-corrected chi connectivity index (χ2v) is 7.40. The Bertz CT molecular complexity index is 469. The van der Waals surface area contributed by atoms with E-state index in [9.17, 15) is 0 Å². The van der Waals surface area contributed by atoms with Crippen molar-refractivity contribution in [2.45, 2.75) is 40.2 Å². The molecule has 1 aromatic rings. The summed E-state index contributed by atoms with van der Waals surface area (Å²) in [4.78, 5) is 0. The summed E-state index contributed by atoms with van der Waals surface area (Å²) in [6, 6.07) is 5.96. The molecule has 1 saturated carbocycles. The van der Waals surface area contributed by atoms with Crippen molar-refractivity contribution in [1.29, 1.82) is 0 Å². The zero-order chi connectivity index (χ0) is 14.4. The number of hydrazine groups is 1. The van der Waals surface area contributed by atoms with Crippen LogP contribution in [0.2, 0.25) is 10.0 Å². The maximum Gasteiger partial charge on any atom is 0.0624 e. The summed E-state index contributed by atoms with van der Waals surface area (Å²) >= 11 is 12.3. The van der Waals surface area contributed by atoms with Gasteiger partial charge in [0.05, 0.1) is 10.0 Å². The molecule has 0 bridgehead atoms. The minimum absolute atomic E-state index is 0.209. The Kier molecular flexibility index (Phi) is 3.92. The van der Waals surface area contributed by atoms with E-state index >= 15 is 0 Å². The molecule has 0 aliphatic heterocycles. The molecule has 0 radical (unpaired) electrons. The Labute approximate surface area is 125 Å². The molecule has 106 valence electrons. The highest BCUT2D eigenvalue weighted by Crippen LogP contribution is 2.69. The molecule has 1 aromatic carbocycles. The summed E-state index contributed by atoms with van der Waals surface area (Å²) < 4.78 is 0. The molecule has 4 heteroatoms. The van der Waals surface area contributed by atoms with Gasteiger partial charge in [0.25, 0.3) is 0 Å². The highest BCUT2D eigenvalue weighted by Gasteiger charge is 2.66. The molecule has 1 fully saturated rings. The molecule has 0 saturated heterocycles. The number of benzene rings is 1. The monoisotopic (exact) mass is 300 g/mol. The number of hydrogen-bond donors (Lipinski definition) is 2. The largest absolute Gasteiger partial charge is 0.271 e. The summed E-state index contributed by atoms with van der Waals surface area (Å²) in [5, 5.41) is 1.24. The Hall–Kier alpha value is -0.280. The van der Waals surface area contributed by atoms with Gasteiger partial charge >= 0.3 is 0 Å². The lowest BCUT2D eigenvalue weighted by Crippen LogP contribution is -2.40. The normalized spacial score (nSPS) is 22.3. The first kappa shape index (κ1) is 15.1. The van der Waals surface area contributed by atoms with E-state index in [1.807, 2.05) is 18.2 Å². The van der Waals surface area contributed by atoms with Crippen molar-refractivity contribution in [2.24, 2.45) is 22.6 Å². The van der Waals surface area contributed by atoms with E-state index in [-0.39, 0.29) is 16.9 Å². The lowest BCUT2D eigenvalue weighted by molar-refractivity contribution is 0.402. The molecular formula is C15H22Cl2N2. The summed E-state index contributed by atoms with van der Waals surface area (Å²) in [7, 11) is 0. The van der Waals surface area contributed by atoms with Crippen molar-refractivity contribution in [1.82, 2.24) is 5.43 Å². The second-order valence-electron chi connectivity index (χ2n) is 6.61. The first-order valence-electron chi connectivity index (χ1n) is 6.62. The smallest absolute Gasteiger partial charge is 0.0624 e. The molecule has 0 aromatic heterocycles. The average Bonchev–Trinajstić information content (AvgIpc) is 2.73. The van der Waals surface area contributed by atoms with E-state index < -0.39 is 0 Å². The third kappa shape index (κ3) is 2.40. The zero-order valence-corrected chi connectivity index (χ0v) is 13.4. The molecular weight excluding hydrogens is 279 g/mol. The topological polar surface area (TPSA) is 38.0 Å². The fraction of sp³-hybridized carbons (Fsp3) is 0.600. The lowest BCUT2D eigenvalue weighted by atomic mass is 9.97. The van der Waals surface area contributed by atoms with E-state index in [2.05, 4.69) is 33.1 Å². The maximum atomic E-state index is 6.26. The van der Waals surface area contributed by atoms with E-state index in [1.165, 1.54) is 0 Å². The minimum Gasteiger partial charge on any atom is -0.271 e. The van der Waals surface area contributed by atoms with Crippen LogP contribution in [0.25, 0.3) is 0 Å². The van der Waals surface area contributed by atoms with Gasteiger partial charge in [-0.05, 0) is 34.8 Å². The van der Waals surface area contributed by atoms with Crippen LogP contribution in [-0.2, 0) is 6.42 Å². The standard InChI is InChI=1S/C15H22Cl2N2/c1-14(2)13(15(14,3)4)11(19-18)8-9-6-5-7-10(16)12(9)17/h5-7,11,13,19H,8,18H2,1-4H3. The van der Waals surface area contributed by atoms with Crippen LogP contribution < -0.4 is 11.3 Å². The molecule has 1 aliphatic rings. The van der Waals surface area contributed by atoms with E-state index in [0.29, 0.717) is 16.0 Å². The van der Waals surface area contributed by atoms with Crippen molar-refractivity contribution in [3.8, 4) is 0 Å². The predicted molar refractivity (Wildman–Crippen MR) is 82.3 cm³/mol. The van der Waals surface area contributed by atoms with Gasteiger partial charge in [0.1, 0.15) is 0 Å². The van der Waals surface area contributed by atoms with Crippen LogP contribution in [0.15, 0.2) is 18.2 Å². The third-order valence-electron chi connectivity index (χ3n) is 5.22. The van der Waals surface area contributed by atoms with Gasteiger partial charge in [-0.25, -0.2) is 0 Å². The highest BCUT2D eigenvalue weighted by molar-refractivity contribution is 6.42. The molecule has 1 aliphatic carbocycles. The van der Waals surface area contributed by atoms with Gasteiger partial charge in [0.15, 0.2) is 0 Å². The van der Waals surface area contributed by atoms with Gasteiger partial charge in [-0.3, -0.25) is 11.3 Å². The third-order valence-corrected chi connectivity index (χ3v) is 6.08. The number of nitrogens with one attached hydrogen (secondary N) is 1. The van der Waals surface area contributed by atoms with Crippen LogP contribution in [0, 0.1) is 16.7 Å². The minimum atomic E-state index is 0.209. The van der Waals surface area contributed by atoms with Crippen LogP contribution in [0.3, 0.4) is 0 Å². The van der Waals surface area contributed by atoms with Gasteiger partial charge in [-0.15, -0.1) is 0 Å². The van der Waals surface area contributed by atoms with E-state index in [4.69, 9.17) is 29.0 Å². The van der Waals surface area contributed by atoms with Crippen LogP contribution in [0.4, 0.5) is 0 Å². The molecule has 2 rings (SSSR count). The van der Waals surface area contributed by atoms with E-state index in [0.717, 1.165) is 12.0 Å². The molecule has 2 nitrogen and oxygen atoms in total. The molecule has 0 spiro atoms. The summed E-state index contributed by atoms with van der Waals surface area (Å²) in [6.45, 7) is 9.17. The quantitative estimate of drug-likeness (QED) is 0.650. The predicted octanol–water partition coefficient (Wildman–Crippen LogP) is 4.05. The van der Waals surface area contributed by atoms with Crippen molar-refractivity contribution in [3.05, 3.63) is 33.8 Å². The zero-order valence-electron chi connectivity index (χ0n) is 11.9. The van der Waals surface area contributed by atoms with Crippen LogP contribution in [-0.4, -0.2) is 6.04 Å². The van der Waals surface area contributed by atoms with Gasteiger partial charge < -0.3 is 0 Å². The number of hydrogen-bond acceptors (Lipinski definition) is 2. The number of rotatable bonds is 4. The summed E-state index contributed by atoms with van der Waals surface area (Å²) in [6.07, 6.45) is 0.799. The van der Waals surface area contributed by atoms with Crippen molar-refractivity contribution in [2.75, 3.05) is 0 Å². The van der Waals surface area contributed by atoms with Crippen molar-refractivity contribution >= 4 is 23.2 Å². The Morgan fingerprint density at radius 3 is 2.26 bits per heavy atom. The molecule has 1 unspecified atom stereocenters. The molecule has 19 heavy (non-hydrogen) atoms. The second kappa shape index (κ2) is 4.92. The Morgan fingerprint density at radius 2 is 1.79 bits per heavy atom. The first-order chi connectivity index (χ1) is 8.73. The van der Waals surface area contributed by atoms with Crippen molar-refractivity contribution in [3.63, 3.8) is 0 Å². The fourth-order valence-electron chi connectivity index (χ4n) is 3.47. The van der Waals surface area contributed by atoms with Crippen LogP contribution in [0.1, 0.15) is 33.3 Å². The van der Waals surface area contributed by atoms with Gasteiger partial charge in [-0.1, -0.05) is 63.0 Å². The van der Waals surface area contributed by atoms with Gasteiger partial charge in [0, 0.05) is 6.04 Å². The summed E-state index contributed by atoms with van der Waals surface area (Å²) in [5.41, 5.74) is 4.59. The molecule has 0 heterocycles. The average molecular weight is 301 g/mol. The number of halogens is 2. The van der Waals surface area contributed by atoms with Crippen molar-refractivity contribution < 1.29 is 0 Å². The molecule has 0 amide bonds. The Balaban J connectivity index is 2.20. The number of nitrogens with two attached hydrogens (primary N) is 1. The first-order valence-corrected chi connectivity index (χ1v) is 7.38. The van der Waals surface area contributed by atoms with Gasteiger partial charge in [-0.2, -0.15) is 0 Å². The van der Waals surface area contributed by atoms with Gasteiger partial charge in [0.2, 0.25) is 0 Å². The fourth-order valence-corrected chi connectivity index (χ4v) is 3.87. The maximum absolute atomic E-state index is 6.26. The van der Waals surface area contributed by atoms with E-state index in [1.54, 1.807) is 0 Å². The summed E-state index contributed by atoms with van der Waals surface area (Å²) in [5.74, 6) is 6.29. The molecule has 1 atom stereocenters. The van der Waals surface area contributed by atoms with Crippen LogP contribution >= 0.6 is 23.2 Å². The lowest BCUT2D eigenvalue weighted by Gasteiger charge is -2.19. The highest BCUT2D eigenvalue weighted by atomic mass is 35.5. The molecule has 3 N–H and O–H groups in total. The van der Waals surface area contributed by atoms with Crippen LogP contribution in [0.5, 0.6) is 0 Å². The SMILES string of the molecule is CC1(C)C(C(Cc2cccc(Cl)c2Cl)NN)C1(C)C. The Morgan fingerprint density at radius 1 is 1.21 bits per heavy atom.